The second kappa shape index (κ2) is 5.25. The van der Waals surface area contributed by atoms with Gasteiger partial charge in [0.1, 0.15) is 12.1 Å². The molecule has 0 aliphatic rings. The molecule has 0 aromatic carbocycles. The molecule has 0 atom stereocenters. The van der Waals surface area contributed by atoms with Gasteiger partial charge in [0.05, 0.1) is 5.69 Å². The number of hydrogen-bond acceptors (Lipinski definition) is 4. The first kappa shape index (κ1) is 14.3. The van der Waals surface area contributed by atoms with E-state index in [0.717, 1.165) is 5.69 Å². The second-order valence-corrected chi connectivity index (χ2v) is 5.11. The molecule has 0 spiro atoms. The fraction of sp³-hybridized carbons (Fsp3) is 0.538. The predicted octanol–water partition coefficient (Wildman–Crippen LogP) is 1.33. The SMILES string of the molecule is CCc1ccc(N)c(=O)n1CC(=O)OC(C)(C)C. The van der Waals surface area contributed by atoms with Crippen LogP contribution >= 0.6 is 0 Å². The Bertz CT molecular complexity index is 498. The molecule has 0 saturated carbocycles. The number of anilines is 1. The van der Waals surface area contributed by atoms with Crippen LogP contribution in [0.3, 0.4) is 0 Å². The highest BCUT2D eigenvalue weighted by molar-refractivity contribution is 5.70. The van der Waals surface area contributed by atoms with Crippen molar-refractivity contribution in [3.05, 3.63) is 28.2 Å². The lowest BCUT2D eigenvalue weighted by molar-refractivity contribution is -0.155. The summed E-state index contributed by atoms with van der Waals surface area (Å²) in [6.07, 6.45) is 0.651. The van der Waals surface area contributed by atoms with Crippen LogP contribution in [-0.2, 0) is 22.5 Å². The maximum absolute atomic E-state index is 11.9. The van der Waals surface area contributed by atoms with Crippen LogP contribution in [0.5, 0.6) is 0 Å². The van der Waals surface area contributed by atoms with Gasteiger partial charge in [0.25, 0.3) is 5.56 Å². The molecule has 0 aliphatic carbocycles. The van der Waals surface area contributed by atoms with Crippen molar-refractivity contribution < 1.29 is 9.53 Å². The van der Waals surface area contributed by atoms with Crippen LogP contribution in [0.25, 0.3) is 0 Å². The van der Waals surface area contributed by atoms with Gasteiger partial charge in [-0.25, -0.2) is 0 Å². The maximum Gasteiger partial charge on any atom is 0.326 e. The highest BCUT2D eigenvalue weighted by Crippen LogP contribution is 2.09. The molecule has 0 saturated heterocycles. The highest BCUT2D eigenvalue weighted by Gasteiger charge is 2.18. The van der Waals surface area contributed by atoms with E-state index >= 15 is 0 Å². The minimum atomic E-state index is -0.562. The molecule has 5 nitrogen and oxygen atoms in total. The van der Waals surface area contributed by atoms with E-state index in [1.54, 1.807) is 32.9 Å². The third kappa shape index (κ3) is 3.61. The molecule has 2 N–H and O–H groups in total. The number of aromatic nitrogens is 1. The lowest BCUT2D eigenvalue weighted by atomic mass is 10.2. The van der Waals surface area contributed by atoms with Crippen LogP contribution in [-0.4, -0.2) is 16.1 Å². The van der Waals surface area contributed by atoms with Gasteiger partial charge in [-0.05, 0) is 39.3 Å². The molecule has 100 valence electrons. The number of ether oxygens (including phenoxy) is 1. The third-order valence-electron chi connectivity index (χ3n) is 2.36. The number of pyridine rings is 1. The van der Waals surface area contributed by atoms with Gasteiger partial charge in [-0.2, -0.15) is 0 Å². The first-order valence-electron chi connectivity index (χ1n) is 5.94. The Morgan fingerprint density at radius 3 is 2.50 bits per heavy atom. The van der Waals surface area contributed by atoms with Crippen LogP contribution in [0.1, 0.15) is 33.4 Å². The molecule has 5 heteroatoms. The van der Waals surface area contributed by atoms with Gasteiger partial charge in [-0.15, -0.1) is 0 Å². The summed E-state index contributed by atoms with van der Waals surface area (Å²) in [5.41, 5.74) is 5.55. The number of nitrogens with zero attached hydrogens (tertiary/aromatic N) is 1. The van der Waals surface area contributed by atoms with Crippen LogP contribution in [0.2, 0.25) is 0 Å². The van der Waals surface area contributed by atoms with Gasteiger partial charge in [-0.3, -0.25) is 14.2 Å². The number of nitrogens with two attached hydrogens (primary N) is 1. The Morgan fingerprint density at radius 1 is 1.39 bits per heavy atom. The lowest BCUT2D eigenvalue weighted by Gasteiger charge is -2.20. The van der Waals surface area contributed by atoms with Crippen molar-refractivity contribution in [1.82, 2.24) is 4.57 Å². The topological polar surface area (TPSA) is 74.3 Å². The van der Waals surface area contributed by atoms with Crippen LogP contribution < -0.4 is 11.3 Å². The van der Waals surface area contributed by atoms with Crippen LogP contribution in [0.15, 0.2) is 16.9 Å². The second-order valence-electron chi connectivity index (χ2n) is 5.11. The summed E-state index contributed by atoms with van der Waals surface area (Å²) in [4.78, 5) is 23.6. The zero-order valence-electron chi connectivity index (χ0n) is 11.3. The van der Waals surface area contributed by atoms with Gasteiger partial charge in [0.2, 0.25) is 0 Å². The molecule has 0 amide bonds. The molecule has 1 aromatic heterocycles. The molecule has 18 heavy (non-hydrogen) atoms. The van der Waals surface area contributed by atoms with Crippen molar-refractivity contribution in [2.24, 2.45) is 0 Å². The van der Waals surface area contributed by atoms with Crippen molar-refractivity contribution >= 4 is 11.7 Å². The van der Waals surface area contributed by atoms with Crippen molar-refractivity contribution in [3.63, 3.8) is 0 Å². The number of rotatable bonds is 3. The summed E-state index contributed by atoms with van der Waals surface area (Å²) in [7, 11) is 0. The normalized spacial score (nSPS) is 11.3. The standard InChI is InChI=1S/C13H20N2O3/c1-5-9-6-7-10(14)12(17)15(9)8-11(16)18-13(2,3)4/h6-7H,5,8,14H2,1-4H3. The fourth-order valence-corrected chi connectivity index (χ4v) is 1.62. The molecule has 1 aromatic rings. The Hall–Kier alpha value is -1.78. The van der Waals surface area contributed by atoms with Gasteiger partial charge in [-0.1, -0.05) is 6.92 Å². The van der Waals surface area contributed by atoms with E-state index in [9.17, 15) is 9.59 Å². The van der Waals surface area contributed by atoms with Crippen molar-refractivity contribution in [1.29, 1.82) is 0 Å². The predicted molar refractivity (Wildman–Crippen MR) is 70.3 cm³/mol. The first-order valence-corrected chi connectivity index (χ1v) is 5.94. The lowest BCUT2D eigenvalue weighted by Crippen LogP contribution is -2.32. The summed E-state index contributed by atoms with van der Waals surface area (Å²) < 4.78 is 6.56. The number of hydrogen-bond donors (Lipinski definition) is 1. The minimum Gasteiger partial charge on any atom is -0.459 e. The molecule has 0 bridgehead atoms. The van der Waals surface area contributed by atoms with E-state index in [2.05, 4.69) is 0 Å². The van der Waals surface area contributed by atoms with Gasteiger partial charge < -0.3 is 10.5 Å². The van der Waals surface area contributed by atoms with E-state index in [1.807, 2.05) is 6.92 Å². The number of carbonyl (C=O) groups excluding carboxylic acids is 1. The first-order chi connectivity index (χ1) is 8.24. The number of carbonyl (C=O) groups is 1. The van der Waals surface area contributed by atoms with Crippen LogP contribution in [0.4, 0.5) is 5.69 Å². The maximum atomic E-state index is 11.9. The smallest absolute Gasteiger partial charge is 0.326 e. The zero-order chi connectivity index (χ0) is 13.9. The quantitative estimate of drug-likeness (QED) is 0.824. The van der Waals surface area contributed by atoms with E-state index in [1.165, 1.54) is 4.57 Å². The van der Waals surface area contributed by atoms with Crippen molar-refractivity contribution in [2.75, 3.05) is 5.73 Å². The average Bonchev–Trinajstić information content (AvgIpc) is 2.22. The van der Waals surface area contributed by atoms with E-state index in [0.29, 0.717) is 6.42 Å². The largest absolute Gasteiger partial charge is 0.459 e. The summed E-state index contributed by atoms with van der Waals surface area (Å²) in [6.45, 7) is 7.16. The molecule has 0 aliphatic heterocycles. The van der Waals surface area contributed by atoms with Crippen LogP contribution in [0, 0.1) is 0 Å². The third-order valence-corrected chi connectivity index (χ3v) is 2.36. The molecular weight excluding hydrogens is 232 g/mol. The minimum absolute atomic E-state index is 0.107. The number of nitrogen functional groups attached to an aromatic ring is 1. The van der Waals surface area contributed by atoms with E-state index < -0.39 is 11.6 Å². The Balaban J connectivity index is 3.00. The van der Waals surface area contributed by atoms with Gasteiger partial charge in [0.15, 0.2) is 0 Å². The number of esters is 1. The van der Waals surface area contributed by atoms with E-state index in [4.69, 9.17) is 10.5 Å². The summed E-state index contributed by atoms with van der Waals surface area (Å²) in [5.74, 6) is -0.440. The van der Waals surface area contributed by atoms with Gasteiger partial charge >= 0.3 is 5.97 Å². The van der Waals surface area contributed by atoms with Crippen molar-refractivity contribution in [2.45, 2.75) is 46.3 Å². The monoisotopic (exact) mass is 252 g/mol. The summed E-state index contributed by atoms with van der Waals surface area (Å²) in [5, 5.41) is 0. The van der Waals surface area contributed by atoms with Crippen molar-refractivity contribution in [3.8, 4) is 0 Å². The molecule has 0 radical (unpaired) electrons. The average molecular weight is 252 g/mol. The highest BCUT2D eigenvalue weighted by atomic mass is 16.6. The fourth-order valence-electron chi connectivity index (χ4n) is 1.62. The van der Waals surface area contributed by atoms with E-state index in [-0.39, 0.29) is 17.8 Å². The summed E-state index contributed by atoms with van der Waals surface area (Å²) in [6, 6.07) is 3.31. The Kier molecular flexibility index (Phi) is 4.16. The molecule has 1 rings (SSSR count). The Morgan fingerprint density at radius 2 is 2.00 bits per heavy atom. The zero-order valence-corrected chi connectivity index (χ0v) is 11.3. The Labute approximate surface area is 107 Å². The molecule has 0 unspecified atom stereocenters. The molecular formula is C13H20N2O3. The number of aryl methyl sites for hydroxylation is 1. The molecule has 1 heterocycles. The van der Waals surface area contributed by atoms with Gasteiger partial charge in [0, 0.05) is 5.69 Å². The molecule has 0 fully saturated rings. The summed E-state index contributed by atoms with van der Waals surface area (Å²) >= 11 is 0.